The highest BCUT2D eigenvalue weighted by atomic mass is 35.5. The van der Waals surface area contributed by atoms with E-state index in [4.69, 9.17) is 17.0 Å². The van der Waals surface area contributed by atoms with Gasteiger partial charge < -0.3 is 19.9 Å². The summed E-state index contributed by atoms with van der Waals surface area (Å²) in [6, 6.07) is 5.59. The van der Waals surface area contributed by atoms with E-state index in [2.05, 4.69) is 15.6 Å². The molecule has 1 aliphatic carbocycles. The molecule has 13 nitrogen and oxygen atoms in total. The molecule has 0 spiro atoms. The molecule has 1 unspecified atom stereocenters. The van der Waals surface area contributed by atoms with Gasteiger partial charge in [-0.15, -0.1) is 12.4 Å². The van der Waals surface area contributed by atoms with Gasteiger partial charge in [0.05, 0.1) is 41.5 Å². The maximum atomic E-state index is 14.2. The lowest BCUT2D eigenvalue weighted by Crippen LogP contribution is -2.60. The van der Waals surface area contributed by atoms with Crippen LogP contribution in [-0.2, 0) is 30.1 Å². The quantitative estimate of drug-likeness (QED) is 0.127. The van der Waals surface area contributed by atoms with Gasteiger partial charge in [0.25, 0.3) is 5.91 Å². The van der Waals surface area contributed by atoms with Gasteiger partial charge >= 0.3 is 12.4 Å². The minimum atomic E-state index is -4.81. The Labute approximate surface area is 354 Å². The number of hydrogen-bond donors (Lipinski definition) is 2. The molecule has 6 rings (SSSR count). The predicted molar refractivity (Wildman–Crippen MR) is 212 cm³/mol. The van der Waals surface area contributed by atoms with Crippen molar-refractivity contribution in [2.45, 2.75) is 101 Å². The number of pyridine rings is 1. The number of ether oxygens (including phenoxy) is 1. The number of amides is 4. The number of nitrogens with one attached hydrogen (secondary N) is 2. The molecule has 0 bridgehead atoms. The summed E-state index contributed by atoms with van der Waals surface area (Å²) in [7, 11) is 0. The second-order valence-electron chi connectivity index (χ2n) is 15.7. The van der Waals surface area contributed by atoms with Crippen molar-refractivity contribution in [3.8, 4) is 6.07 Å². The lowest BCUT2D eigenvalue weighted by Gasteiger charge is -2.42. The molecule has 4 aliphatic rings. The third-order valence-corrected chi connectivity index (χ3v) is 11.8. The molecule has 4 fully saturated rings. The molecule has 326 valence electrons. The summed E-state index contributed by atoms with van der Waals surface area (Å²) in [5.74, 6) is -2.54. The zero-order chi connectivity index (χ0) is 42.9. The molecule has 1 aromatic carbocycles. The zero-order valence-electron chi connectivity index (χ0n) is 32.8. The summed E-state index contributed by atoms with van der Waals surface area (Å²) < 4.78 is 90.0. The molecule has 2 aromatic rings. The Hall–Kier alpha value is -4.42. The number of carbonyl (C=O) groups excluding carboxylic acids is 4. The number of thiocarbonyl (C=S) groups is 1. The molecule has 2 atom stereocenters. The average molecular weight is 887 g/mol. The summed E-state index contributed by atoms with van der Waals surface area (Å²) in [4.78, 5) is 60.0. The van der Waals surface area contributed by atoms with E-state index < -0.39 is 65.2 Å². The zero-order valence-corrected chi connectivity index (χ0v) is 34.4. The minimum Gasteiger partial charge on any atom is -0.378 e. The van der Waals surface area contributed by atoms with Crippen LogP contribution in [0.5, 0.6) is 0 Å². The van der Waals surface area contributed by atoms with Gasteiger partial charge in [0.1, 0.15) is 17.4 Å². The highest BCUT2D eigenvalue weighted by Crippen LogP contribution is 2.41. The van der Waals surface area contributed by atoms with E-state index in [0.717, 1.165) is 21.9 Å². The Bertz CT molecular complexity index is 2010. The Morgan fingerprint density at radius 3 is 2.42 bits per heavy atom. The standard InChI is InChI=1S/C39H44F6N8O5S.ClH/c1-37(2)35(57)52(26-5-4-24(20-46)29(19-26)38(40,41)42)36(59)53(37)25-6-8-27(9-7-25)58-17-3-14-50-15-16-51(30(21-50)39(43,44)45)22-33(55)48-31-18-23(12-13-47-31)28-10-11-32(54)49-34(28)56;/h4-5,12-13,18-19,25,27-28,30H,3,6-11,14-17,21-22H2,1-2H3,(H,47,48,55)(H,49,54,56);1H/t25-,27-,28?,30-;/m1./s1. The van der Waals surface area contributed by atoms with Gasteiger partial charge in [-0.25, -0.2) is 4.98 Å². The van der Waals surface area contributed by atoms with Crippen LogP contribution >= 0.6 is 24.6 Å². The maximum absolute atomic E-state index is 14.2. The van der Waals surface area contributed by atoms with Gasteiger partial charge in [-0.2, -0.15) is 31.6 Å². The maximum Gasteiger partial charge on any atom is 0.417 e. The van der Waals surface area contributed by atoms with E-state index in [-0.39, 0.29) is 73.0 Å². The van der Waals surface area contributed by atoms with Crippen molar-refractivity contribution >= 4 is 64.9 Å². The fourth-order valence-corrected chi connectivity index (χ4v) is 8.92. The molecule has 2 N–H and O–H groups in total. The molecule has 60 heavy (non-hydrogen) atoms. The van der Waals surface area contributed by atoms with Gasteiger partial charge in [0, 0.05) is 51.4 Å². The van der Waals surface area contributed by atoms with Crippen LogP contribution in [0.25, 0.3) is 0 Å². The van der Waals surface area contributed by atoms with Crippen molar-refractivity contribution in [3.63, 3.8) is 0 Å². The monoisotopic (exact) mass is 886 g/mol. The third-order valence-electron chi connectivity index (χ3n) is 11.4. The van der Waals surface area contributed by atoms with Crippen LogP contribution in [-0.4, -0.2) is 118 Å². The molecule has 1 aromatic heterocycles. The van der Waals surface area contributed by atoms with E-state index in [1.807, 2.05) is 0 Å². The average Bonchev–Trinajstić information content (AvgIpc) is 3.34. The number of aromatic nitrogens is 1. The first-order valence-electron chi connectivity index (χ1n) is 19.3. The first kappa shape index (κ1) is 46.6. The number of anilines is 2. The van der Waals surface area contributed by atoms with E-state index >= 15 is 0 Å². The summed E-state index contributed by atoms with van der Waals surface area (Å²) >= 11 is 5.68. The van der Waals surface area contributed by atoms with Crippen molar-refractivity contribution < 1.29 is 50.3 Å². The van der Waals surface area contributed by atoms with Gasteiger partial charge in [-0.05, 0) is 100 Å². The second kappa shape index (κ2) is 18.7. The Morgan fingerprint density at radius 1 is 1.05 bits per heavy atom. The van der Waals surface area contributed by atoms with Crippen molar-refractivity contribution in [1.29, 1.82) is 5.26 Å². The highest BCUT2D eigenvalue weighted by Gasteiger charge is 2.53. The minimum absolute atomic E-state index is 0. The van der Waals surface area contributed by atoms with Crippen molar-refractivity contribution in [2.75, 3.05) is 49.5 Å². The van der Waals surface area contributed by atoms with Gasteiger partial charge in [0.2, 0.25) is 17.7 Å². The normalized spacial score (nSPS) is 24.2. The van der Waals surface area contributed by atoms with Crippen molar-refractivity contribution in [3.05, 3.63) is 53.2 Å². The number of imide groups is 1. The molecular formula is C39H45ClF6N8O5S. The largest absolute Gasteiger partial charge is 0.417 e. The molecule has 21 heteroatoms. The lowest BCUT2D eigenvalue weighted by molar-refractivity contribution is -0.197. The lowest BCUT2D eigenvalue weighted by atomic mass is 9.89. The number of carbonyl (C=O) groups is 4. The fraction of sp³-hybridized carbons (Fsp3) is 0.564. The van der Waals surface area contributed by atoms with Crippen molar-refractivity contribution in [1.82, 2.24) is 25.0 Å². The van der Waals surface area contributed by atoms with Gasteiger partial charge in [-0.3, -0.25) is 34.3 Å². The predicted octanol–water partition coefficient (Wildman–Crippen LogP) is 5.53. The SMILES string of the molecule is CC1(C)C(=O)N(c2ccc(C#N)c(C(F)(F)F)c2)C(=S)N1[C@H]1CC[C@H](OCCCN2CCN(CC(=O)Nc3cc(C4CCC(=O)NC4=O)ccn3)[C@@H](C(F)(F)F)C2)CC1.Cl. The smallest absolute Gasteiger partial charge is 0.378 e. The van der Waals surface area contributed by atoms with Crippen LogP contribution in [0.4, 0.5) is 37.8 Å². The first-order chi connectivity index (χ1) is 27.8. The van der Waals surface area contributed by atoms with Gasteiger partial charge in [-0.1, -0.05) is 0 Å². The fourth-order valence-electron chi connectivity index (χ4n) is 8.35. The molecule has 1 saturated carbocycles. The van der Waals surface area contributed by atoms with Crippen molar-refractivity contribution in [2.24, 2.45) is 0 Å². The van der Waals surface area contributed by atoms with Crippen LogP contribution < -0.4 is 15.5 Å². The molecule has 3 aliphatic heterocycles. The van der Waals surface area contributed by atoms with Crippen LogP contribution in [0.1, 0.15) is 81.4 Å². The molecule has 0 radical (unpaired) electrons. The number of halogens is 7. The van der Waals surface area contributed by atoms with E-state index in [0.29, 0.717) is 57.4 Å². The Kier molecular flexibility index (Phi) is 14.5. The second-order valence-corrected chi connectivity index (χ2v) is 16.1. The van der Waals surface area contributed by atoms with Gasteiger partial charge in [0.15, 0.2) is 5.11 Å². The molecule has 4 heterocycles. The van der Waals surface area contributed by atoms with Crippen LogP contribution in [0.2, 0.25) is 0 Å². The number of rotatable bonds is 11. The summed E-state index contributed by atoms with van der Waals surface area (Å²) in [5.41, 5.74) is -2.41. The molecule has 4 amide bonds. The highest BCUT2D eigenvalue weighted by molar-refractivity contribution is 7.80. The van der Waals surface area contributed by atoms with Crippen LogP contribution in [0.3, 0.4) is 0 Å². The Balaban J connectivity index is 0.00000683. The number of piperidine rings is 1. The van der Waals surface area contributed by atoms with Crippen LogP contribution in [0.15, 0.2) is 36.5 Å². The number of hydrogen-bond acceptors (Lipinski definition) is 10. The number of piperazine rings is 1. The molecule has 3 saturated heterocycles. The number of nitrogens with zero attached hydrogens (tertiary/aromatic N) is 6. The summed E-state index contributed by atoms with van der Waals surface area (Å²) in [6.45, 7) is 3.44. The van der Waals surface area contributed by atoms with E-state index in [1.165, 1.54) is 24.4 Å². The number of alkyl halides is 6. The topological polar surface area (TPSA) is 151 Å². The van der Waals surface area contributed by atoms with E-state index in [1.54, 1.807) is 29.7 Å². The number of nitriles is 1. The summed E-state index contributed by atoms with van der Waals surface area (Å²) in [5, 5.41) is 14.1. The molecular weight excluding hydrogens is 842 g/mol. The third kappa shape index (κ3) is 10.4. The van der Waals surface area contributed by atoms with E-state index in [9.17, 15) is 50.8 Å². The van der Waals surface area contributed by atoms with Crippen LogP contribution in [0, 0.1) is 11.3 Å². The Morgan fingerprint density at radius 2 is 1.77 bits per heavy atom. The summed E-state index contributed by atoms with van der Waals surface area (Å²) in [6.07, 6.45) is -4.86. The first-order valence-corrected chi connectivity index (χ1v) is 19.7. The number of benzene rings is 1.